The summed E-state index contributed by atoms with van der Waals surface area (Å²) in [4.78, 5) is 11.1. The van der Waals surface area contributed by atoms with E-state index in [0.717, 1.165) is 19.3 Å². The van der Waals surface area contributed by atoms with Crippen molar-refractivity contribution in [2.75, 3.05) is 0 Å². The first kappa shape index (κ1) is 10.2. The molecule has 1 aromatic rings. The summed E-state index contributed by atoms with van der Waals surface area (Å²) >= 11 is 0. The van der Waals surface area contributed by atoms with E-state index in [1.165, 1.54) is 11.1 Å². The van der Waals surface area contributed by atoms with Crippen LogP contribution < -0.4 is 0 Å². The van der Waals surface area contributed by atoms with Crippen LogP contribution in [0, 0.1) is 0 Å². The predicted octanol–water partition coefficient (Wildman–Crippen LogP) is 2.79. The van der Waals surface area contributed by atoms with E-state index in [-0.39, 0.29) is 5.78 Å². The Morgan fingerprint density at radius 2 is 2.33 bits per heavy atom. The zero-order valence-electron chi connectivity index (χ0n) is 8.99. The highest BCUT2D eigenvalue weighted by molar-refractivity contribution is 5.76. The second kappa shape index (κ2) is 4.05. The van der Waals surface area contributed by atoms with Crippen LogP contribution in [0.1, 0.15) is 43.2 Å². The standard InChI is InChI=1S/C13H16O2/c1-9(14)7-10-3-2-4-11-8-12(15)5-6-13(10)11/h5-6,8,10,15H,2-4,7H2,1H3. The number of aromatic hydroxyl groups is 1. The van der Waals surface area contributed by atoms with Gasteiger partial charge in [-0.1, -0.05) is 6.07 Å². The molecule has 0 radical (unpaired) electrons. The summed E-state index contributed by atoms with van der Waals surface area (Å²) in [5, 5.41) is 9.39. The molecular weight excluding hydrogens is 188 g/mol. The molecule has 2 heteroatoms. The van der Waals surface area contributed by atoms with Crippen molar-refractivity contribution >= 4 is 5.78 Å². The molecular formula is C13H16O2. The first-order valence-corrected chi connectivity index (χ1v) is 5.48. The average molecular weight is 204 g/mol. The maximum atomic E-state index is 11.1. The number of Topliss-reactive ketones (excluding diaryl/α,β-unsaturated/α-hetero) is 1. The summed E-state index contributed by atoms with van der Waals surface area (Å²) in [5.41, 5.74) is 2.47. The zero-order chi connectivity index (χ0) is 10.8. The molecule has 0 aliphatic heterocycles. The highest BCUT2D eigenvalue weighted by Crippen LogP contribution is 2.35. The lowest BCUT2D eigenvalue weighted by atomic mass is 9.80. The molecule has 0 saturated heterocycles. The van der Waals surface area contributed by atoms with Crippen molar-refractivity contribution in [3.63, 3.8) is 0 Å². The van der Waals surface area contributed by atoms with E-state index in [0.29, 0.717) is 18.1 Å². The Morgan fingerprint density at radius 1 is 1.53 bits per heavy atom. The molecule has 1 aromatic carbocycles. The SMILES string of the molecule is CC(=O)CC1CCCc2cc(O)ccc21. The van der Waals surface area contributed by atoms with Crippen LogP contribution in [-0.2, 0) is 11.2 Å². The van der Waals surface area contributed by atoms with Crippen molar-refractivity contribution in [3.8, 4) is 5.75 Å². The van der Waals surface area contributed by atoms with Gasteiger partial charge in [0.1, 0.15) is 11.5 Å². The van der Waals surface area contributed by atoms with E-state index in [1.807, 2.05) is 12.1 Å². The van der Waals surface area contributed by atoms with Crippen molar-refractivity contribution in [2.45, 2.75) is 38.5 Å². The van der Waals surface area contributed by atoms with Gasteiger partial charge in [-0.2, -0.15) is 0 Å². The molecule has 1 N–H and O–H groups in total. The van der Waals surface area contributed by atoms with Crippen molar-refractivity contribution in [1.82, 2.24) is 0 Å². The van der Waals surface area contributed by atoms with Gasteiger partial charge in [0.15, 0.2) is 0 Å². The van der Waals surface area contributed by atoms with E-state index >= 15 is 0 Å². The Labute approximate surface area is 89.9 Å². The molecule has 1 aliphatic carbocycles. The van der Waals surface area contributed by atoms with E-state index < -0.39 is 0 Å². The summed E-state index contributed by atoms with van der Waals surface area (Å²) in [5.74, 6) is 0.949. The maximum Gasteiger partial charge on any atom is 0.130 e. The number of carbonyl (C=O) groups excluding carboxylic acids is 1. The van der Waals surface area contributed by atoms with Crippen molar-refractivity contribution < 1.29 is 9.90 Å². The lowest BCUT2D eigenvalue weighted by Gasteiger charge is -2.24. The summed E-state index contributed by atoms with van der Waals surface area (Å²) in [7, 11) is 0. The van der Waals surface area contributed by atoms with Crippen LogP contribution in [0.4, 0.5) is 0 Å². The normalized spacial score (nSPS) is 19.7. The third-order valence-electron chi connectivity index (χ3n) is 3.10. The number of carbonyl (C=O) groups is 1. The molecule has 1 unspecified atom stereocenters. The highest BCUT2D eigenvalue weighted by atomic mass is 16.3. The minimum absolute atomic E-state index is 0.251. The number of rotatable bonds is 2. The van der Waals surface area contributed by atoms with Gasteiger partial charge < -0.3 is 9.90 Å². The fraction of sp³-hybridized carbons (Fsp3) is 0.462. The molecule has 0 saturated carbocycles. The number of fused-ring (bicyclic) bond motifs is 1. The van der Waals surface area contributed by atoms with Gasteiger partial charge in [-0.25, -0.2) is 0 Å². The number of ketones is 1. The van der Waals surface area contributed by atoms with Crippen LogP contribution in [0.15, 0.2) is 18.2 Å². The molecule has 1 aliphatic rings. The molecule has 0 heterocycles. The topological polar surface area (TPSA) is 37.3 Å². The lowest BCUT2D eigenvalue weighted by Crippen LogP contribution is -2.12. The van der Waals surface area contributed by atoms with E-state index in [2.05, 4.69) is 0 Å². The highest BCUT2D eigenvalue weighted by Gasteiger charge is 2.21. The van der Waals surface area contributed by atoms with Crippen LogP contribution in [-0.4, -0.2) is 10.9 Å². The van der Waals surface area contributed by atoms with Gasteiger partial charge in [-0.3, -0.25) is 0 Å². The van der Waals surface area contributed by atoms with E-state index in [4.69, 9.17) is 0 Å². The van der Waals surface area contributed by atoms with Gasteiger partial charge in [-0.05, 0) is 55.4 Å². The molecule has 2 nitrogen and oxygen atoms in total. The van der Waals surface area contributed by atoms with Gasteiger partial charge in [0.25, 0.3) is 0 Å². The Bertz CT molecular complexity index is 382. The van der Waals surface area contributed by atoms with Gasteiger partial charge in [0, 0.05) is 6.42 Å². The van der Waals surface area contributed by atoms with Crippen LogP contribution >= 0.6 is 0 Å². The van der Waals surface area contributed by atoms with Crippen molar-refractivity contribution in [2.24, 2.45) is 0 Å². The van der Waals surface area contributed by atoms with Gasteiger partial charge in [0.2, 0.25) is 0 Å². The van der Waals surface area contributed by atoms with Crippen LogP contribution in [0.2, 0.25) is 0 Å². The molecule has 0 spiro atoms. The maximum absolute atomic E-state index is 11.1. The second-order valence-electron chi connectivity index (χ2n) is 4.38. The Morgan fingerprint density at radius 3 is 3.07 bits per heavy atom. The number of phenols is 1. The summed E-state index contributed by atoms with van der Waals surface area (Å²) in [6.45, 7) is 1.65. The van der Waals surface area contributed by atoms with Crippen LogP contribution in [0.25, 0.3) is 0 Å². The van der Waals surface area contributed by atoms with Crippen LogP contribution in [0.3, 0.4) is 0 Å². The summed E-state index contributed by atoms with van der Waals surface area (Å²) in [6.07, 6.45) is 3.88. The zero-order valence-corrected chi connectivity index (χ0v) is 8.99. The first-order chi connectivity index (χ1) is 7.16. The Kier molecular flexibility index (Phi) is 2.76. The van der Waals surface area contributed by atoms with Crippen molar-refractivity contribution in [1.29, 1.82) is 0 Å². The number of benzene rings is 1. The molecule has 0 fully saturated rings. The van der Waals surface area contributed by atoms with Crippen molar-refractivity contribution in [3.05, 3.63) is 29.3 Å². The Balaban J connectivity index is 2.30. The molecule has 15 heavy (non-hydrogen) atoms. The first-order valence-electron chi connectivity index (χ1n) is 5.48. The quantitative estimate of drug-likeness (QED) is 0.804. The fourth-order valence-corrected chi connectivity index (χ4v) is 2.46. The monoisotopic (exact) mass is 204 g/mol. The molecule has 0 bridgehead atoms. The molecule has 1 atom stereocenters. The molecule has 2 rings (SSSR count). The number of aryl methyl sites for hydroxylation is 1. The third kappa shape index (κ3) is 2.20. The number of hydrogen-bond acceptors (Lipinski definition) is 2. The Hall–Kier alpha value is -1.31. The smallest absolute Gasteiger partial charge is 0.130 e. The van der Waals surface area contributed by atoms with E-state index in [9.17, 15) is 9.90 Å². The number of phenolic OH excluding ortho intramolecular Hbond substituents is 1. The van der Waals surface area contributed by atoms with E-state index in [1.54, 1.807) is 13.0 Å². The largest absolute Gasteiger partial charge is 0.508 e. The minimum Gasteiger partial charge on any atom is -0.508 e. The second-order valence-corrected chi connectivity index (χ2v) is 4.38. The predicted molar refractivity (Wildman–Crippen MR) is 59.1 cm³/mol. The van der Waals surface area contributed by atoms with Gasteiger partial charge >= 0.3 is 0 Å². The van der Waals surface area contributed by atoms with Gasteiger partial charge in [0.05, 0.1) is 0 Å². The molecule has 0 aromatic heterocycles. The summed E-state index contributed by atoms with van der Waals surface area (Å²) in [6, 6.07) is 5.52. The minimum atomic E-state index is 0.251. The fourth-order valence-electron chi connectivity index (χ4n) is 2.46. The van der Waals surface area contributed by atoms with Crippen LogP contribution in [0.5, 0.6) is 5.75 Å². The number of hydrogen-bond donors (Lipinski definition) is 1. The molecule has 0 amide bonds. The van der Waals surface area contributed by atoms with Gasteiger partial charge in [-0.15, -0.1) is 0 Å². The molecule has 80 valence electrons. The average Bonchev–Trinajstić information content (AvgIpc) is 2.16. The third-order valence-corrected chi connectivity index (χ3v) is 3.10. The summed E-state index contributed by atoms with van der Waals surface area (Å²) < 4.78 is 0. The lowest BCUT2D eigenvalue weighted by molar-refractivity contribution is -0.117.